The molecule has 0 saturated carbocycles. The van der Waals surface area contributed by atoms with Crippen molar-refractivity contribution in [2.24, 2.45) is 16.8 Å². The topological polar surface area (TPSA) is 108 Å². The number of oxime groups is 1. The number of rotatable bonds is 6. The predicted molar refractivity (Wildman–Crippen MR) is 66.9 cm³/mol. The Morgan fingerprint density at radius 1 is 1.72 bits per heavy atom. The molecule has 100 valence electrons. The van der Waals surface area contributed by atoms with Gasteiger partial charge in [0.1, 0.15) is 5.82 Å². The molecule has 0 fully saturated rings. The molecule has 1 unspecified atom stereocenters. The molecule has 1 heterocycles. The number of nitrogens with two attached hydrogens (primary N) is 1. The lowest BCUT2D eigenvalue weighted by Gasteiger charge is -2.21. The molecule has 0 aliphatic heterocycles. The Bertz CT molecular complexity index is 402. The summed E-state index contributed by atoms with van der Waals surface area (Å²) in [7, 11) is 1.66. The van der Waals surface area contributed by atoms with E-state index in [1.165, 1.54) is 4.90 Å². The van der Waals surface area contributed by atoms with Crippen molar-refractivity contribution in [1.29, 1.82) is 0 Å². The average Bonchev–Trinajstić information content (AvgIpc) is 2.87. The quantitative estimate of drug-likeness (QED) is 0.297. The minimum Gasteiger partial charge on any atom is -0.409 e. The summed E-state index contributed by atoms with van der Waals surface area (Å²) in [6, 6.07) is 0. The highest BCUT2D eigenvalue weighted by Gasteiger charge is 2.25. The highest BCUT2D eigenvalue weighted by Crippen LogP contribution is 2.11. The standard InChI is InChI=1S/C11H19N5O2/c1-3-4-8(10(12)15-18)11(17)16(2)7-9-13-5-6-14-9/h5-6,8,18H,3-4,7H2,1-2H3,(H2,12,15)(H,13,14). The Balaban J connectivity index is 2.70. The van der Waals surface area contributed by atoms with E-state index in [0.717, 1.165) is 6.42 Å². The van der Waals surface area contributed by atoms with Gasteiger partial charge in [0.15, 0.2) is 5.84 Å². The van der Waals surface area contributed by atoms with E-state index in [1.54, 1.807) is 19.4 Å². The lowest BCUT2D eigenvalue weighted by Crippen LogP contribution is -2.39. The Kier molecular flexibility index (Phi) is 5.16. The van der Waals surface area contributed by atoms with Crippen LogP contribution in [0.4, 0.5) is 0 Å². The summed E-state index contributed by atoms with van der Waals surface area (Å²) >= 11 is 0. The van der Waals surface area contributed by atoms with Gasteiger partial charge in [-0.15, -0.1) is 0 Å². The van der Waals surface area contributed by atoms with Crippen LogP contribution in [0.25, 0.3) is 0 Å². The highest BCUT2D eigenvalue weighted by molar-refractivity contribution is 6.01. The van der Waals surface area contributed by atoms with Crippen LogP contribution in [0.15, 0.2) is 17.5 Å². The number of aromatic nitrogens is 2. The molecule has 0 aromatic carbocycles. The number of aromatic amines is 1. The zero-order chi connectivity index (χ0) is 13.5. The van der Waals surface area contributed by atoms with E-state index in [0.29, 0.717) is 18.8 Å². The fourth-order valence-electron chi connectivity index (χ4n) is 1.71. The van der Waals surface area contributed by atoms with Crippen molar-refractivity contribution in [1.82, 2.24) is 14.9 Å². The van der Waals surface area contributed by atoms with Crippen molar-refractivity contribution >= 4 is 11.7 Å². The smallest absolute Gasteiger partial charge is 0.233 e. The largest absolute Gasteiger partial charge is 0.409 e. The molecule has 0 aliphatic rings. The predicted octanol–water partition coefficient (Wildman–Crippen LogP) is 0.531. The van der Waals surface area contributed by atoms with Gasteiger partial charge < -0.3 is 20.8 Å². The molecule has 7 heteroatoms. The molecule has 0 radical (unpaired) electrons. The summed E-state index contributed by atoms with van der Waals surface area (Å²) in [5, 5.41) is 11.6. The van der Waals surface area contributed by atoms with Crippen molar-refractivity contribution in [3.05, 3.63) is 18.2 Å². The zero-order valence-corrected chi connectivity index (χ0v) is 10.6. The van der Waals surface area contributed by atoms with Crippen LogP contribution in [0.1, 0.15) is 25.6 Å². The fourth-order valence-corrected chi connectivity index (χ4v) is 1.71. The van der Waals surface area contributed by atoms with Crippen molar-refractivity contribution in [2.45, 2.75) is 26.3 Å². The second kappa shape index (κ2) is 6.63. The molecule has 4 N–H and O–H groups in total. The van der Waals surface area contributed by atoms with Gasteiger partial charge in [-0.05, 0) is 6.42 Å². The summed E-state index contributed by atoms with van der Waals surface area (Å²) in [6.45, 7) is 2.31. The first kappa shape index (κ1) is 14.0. The number of nitrogens with one attached hydrogen (secondary N) is 1. The maximum atomic E-state index is 12.2. The molecule has 1 aromatic heterocycles. The van der Waals surface area contributed by atoms with Crippen molar-refractivity contribution in [3.8, 4) is 0 Å². The van der Waals surface area contributed by atoms with Gasteiger partial charge in [-0.3, -0.25) is 4.79 Å². The summed E-state index contributed by atoms with van der Waals surface area (Å²) in [5.74, 6) is -0.114. The van der Waals surface area contributed by atoms with Crippen LogP contribution in [0, 0.1) is 5.92 Å². The van der Waals surface area contributed by atoms with Gasteiger partial charge >= 0.3 is 0 Å². The lowest BCUT2D eigenvalue weighted by molar-refractivity contribution is -0.132. The van der Waals surface area contributed by atoms with Crippen molar-refractivity contribution in [3.63, 3.8) is 0 Å². The van der Waals surface area contributed by atoms with Crippen molar-refractivity contribution < 1.29 is 10.0 Å². The molecule has 0 spiro atoms. The molecular formula is C11H19N5O2. The number of H-pyrrole nitrogens is 1. The van der Waals surface area contributed by atoms with E-state index in [1.807, 2.05) is 6.92 Å². The number of imidazole rings is 1. The number of carbonyl (C=O) groups is 1. The molecule has 7 nitrogen and oxygen atoms in total. The lowest BCUT2D eigenvalue weighted by atomic mass is 10.0. The van der Waals surface area contributed by atoms with Crippen LogP contribution in [-0.4, -0.2) is 38.9 Å². The zero-order valence-electron chi connectivity index (χ0n) is 10.6. The third-order valence-corrected chi connectivity index (χ3v) is 2.67. The second-order valence-electron chi connectivity index (χ2n) is 4.10. The average molecular weight is 253 g/mol. The molecule has 1 atom stereocenters. The normalized spacial score (nSPS) is 13.3. The second-order valence-corrected chi connectivity index (χ2v) is 4.10. The van der Waals surface area contributed by atoms with E-state index in [9.17, 15) is 4.79 Å². The number of carbonyl (C=O) groups excluding carboxylic acids is 1. The summed E-state index contributed by atoms with van der Waals surface area (Å²) in [4.78, 5) is 20.7. The third-order valence-electron chi connectivity index (χ3n) is 2.67. The first-order valence-electron chi connectivity index (χ1n) is 5.80. The number of amides is 1. The molecule has 0 bridgehead atoms. The Morgan fingerprint density at radius 2 is 2.44 bits per heavy atom. The SMILES string of the molecule is CCCC(C(=O)N(C)Cc1ncc[nH]1)C(N)=NO. The first-order chi connectivity index (χ1) is 8.60. The summed E-state index contributed by atoms with van der Waals surface area (Å²) < 4.78 is 0. The molecule has 0 aliphatic carbocycles. The minimum absolute atomic E-state index is 0.0480. The maximum Gasteiger partial charge on any atom is 0.233 e. The van der Waals surface area contributed by atoms with Gasteiger partial charge in [0.2, 0.25) is 5.91 Å². The van der Waals surface area contributed by atoms with Gasteiger partial charge in [-0.25, -0.2) is 4.98 Å². The molecule has 18 heavy (non-hydrogen) atoms. The minimum atomic E-state index is -0.583. The first-order valence-corrected chi connectivity index (χ1v) is 5.80. The van der Waals surface area contributed by atoms with Crippen molar-refractivity contribution in [2.75, 3.05) is 7.05 Å². The van der Waals surface area contributed by atoms with Gasteiger partial charge in [0, 0.05) is 19.4 Å². The van der Waals surface area contributed by atoms with E-state index < -0.39 is 5.92 Å². The van der Waals surface area contributed by atoms with Gasteiger partial charge in [-0.1, -0.05) is 18.5 Å². The van der Waals surface area contributed by atoms with Crippen LogP contribution in [-0.2, 0) is 11.3 Å². The van der Waals surface area contributed by atoms with Gasteiger partial charge in [0.25, 0.3) is 0 Å². The molecule has 0 saturated heterocycles. The number of hydrogen-bond acceptors (Lipinski definition) is 4. The molecule has 1 amide bonds. The monoisotopic (exact) mass is 253 g/mol. The maximum absolute atomic E-state index is 12.2. The Hall–Kier alpha value is -2.05. The highest BCUT2D eigenvalue weighted by atomic mass is 16.4. The number of hydrogen-bond donors (Lipinski definition) is 3. The Morgan fingerprint density at radius 3 is 2.94 bits per heavy atom. The van der Waals surface area contributed by atoms with E-state index in [-0.39, 0.29) is 11.7 Å². The van der Waals surface area contributed by atoms with Gasteiger partial charge in [-0.2, -0.15) is 0 Å². The Labute approximate surface area is 106 Å². The van der Waals surface area contributed by atoms with E-state index in [4.69, 9.17) is 10.9 Å². The number of nitrogens with zero attached hydrogens (tertiary/aromatic N) is 3. The van der Waals surface area contributed by atoms with E-state index >= 15 is 0 Å². The number of amidine groups is 1. The summed E-state index contributed by atoms with van der Waals surface area (Å²) in [6.07, 6.45) is 4.65. The van der Waals surface area contributed by atoms with Crippen LogP contribution in [0.2, 0.25) is 0 Å². The van der Waals surface area contributed by atoms with Crippen LogP contribution in [0.3, 0.4) is 0 Å². The van der Waals surface area contributed by atoms with Gasteiger partial charge in [0.05, 0.1) is 12.5 Å². The van der Waals surface area contributed by atoms with Crippen LogP contribution >= 0.6 is 0 Å². The van der Waals surface area contributed by atoms with E-state index in [2.05, 4.69) is 15.1 Å². The fraction of sp³-hybridized carbons (Fsp3) is 0.545. The molecule has 1 aromatic rings. The third kappa shape index (κ3) is 3.47. The molecule has 1 rings (SSSR count). The van der Waals surface area contributed by atoms with Crippen LogP contribution < -0.4 is 5.73 Å². The molecular weight excluding hydrogens is 234 g/mol. The van der Waals surface area contributed by atoms with Crippen LogP contribution in [0.5, 0.6) is 0 Å². The summed E-state index contributed by atoms with van der Waals surface area (Å²) in [5.41, 5.74) is 5.54.